The highest BCUT2D eigenvalue weighted by Gasteiger charge is 2.45. The minimum absolute atomic E-state index is 0.0858. The van der Waals surface area contributed by atoms with E-state index in [1.807, 2.05) is 24.3 Å². The Balaban J connectivity index is 1.22. The second-order valence-electron chi connectivity index (χ2n) is 13.1. The summed E-state index contributed by atoms with van der Waals surface area (Å²) in [6, 6.07) is 32.8. The van der Waals surface area contributed by atoms with E-state index in [-0.39, 0.29) is 52.5 Å². The largest absolute Gasteiger partial charge is 0.490 e. The second-order valence-corrected chi connectivity index (χ2v) is 13.1. The van der Waals surface area contributed by atoms with E-state index >= 15 is 0 Å². The zero-order valence-corrected chi connectivity index (χ0v) is 31.3. The first-order valence-electron chi connectivity index (χ1n) is 18.2. The van der Waals surface area contributed by atoms with Crippen LogP contribution < -0.4 is 9.47 Å². The third-order valence-corrected chi connectivity index (χ3v) is 8.97. The molecule has 0 bridgehead atoms. The van der Waals surface area contributed by atoms with Crippen molar-refractivity contribution in [3.63, 3.8) is 0 Å². The summed E-state index contributed by atoms with van der Waals surface area (Å²) in [5, 5.41) is 0. The molecule has 0 spiro atoms. The van der Waals surface area contributed by atoms with Crippen LogP contribution in [-0.4, -0.2) is 63.5 Å². The Kier molecular flexibility index (Phi) is 14.0. The maximum atomic E-state index is 12.1. The highest BCUT2D eigenvalue weighted by molar-refractivity contribution is 5.88. The van der Waals surface area contributed by atoms with Gasteiger partial charge in [-0.15, -0.1) is 0 Å². The van der Waals surface area contributed by atoms with Crippen LogP contribution in [0.2, 0.25) is 0 Å². The number of ether oxygens (including phenoxy) is 6. The van der Waals surface area contributed by atoms with E-state index in [0.29, 0.717) is 35.5 Å². The lowest BCUT2D eigenvalue weighted by atomic mass is 9.68. The highest BCUT2D eigenvalue weighted by Crippen LogP contribution is 2.56. The quantitative estimate of drug-likeness (QED) is 0.0339. The van der Waals surface area contributed by atoms with Crippen molar-refractivity contribution in [1.82, 2.24) is 0 Å². The summed E-state index contributed by atoms with van der Waals surface area (Å²) in [6.07, 6.45) is 0.984. The fraction of sp³-hybridized carbons (Fsp3) is 0.289. The van der Waals surface area contributed by atoms with Crippen LogP contribution in [0.5, 0.6) is 11.5 Å². The summed E-state index contributed by atoms with van der Waals surface area (Å²) in [7, 11) is 0. The van der Waals surface area contributed by atoms with Crippen LogP contribution in [0.25, 0.3) is 11.1 Å². The van der Waals surface area contributed by atoms with Crippen LogP contribution in [0, 0.1) is 0 Å². The molecule has 0 amide bonds. The molecule has 55 heavy (non-hydrogen) atoms. The summed E-state index contributed by atoms with van der Waals surface area (Å²) in [5.41, 5.74) is 6.71. The first kappa shape index (κ1) is 40.0. The van der Waals surface area contributed by atoms with E-state index in [9.17, 15) is 19.2 Å². The number of fused-ring (bicyclic) bond motifs is 3. The molecule has 0 atom stereocenters. The Morgan fingerprint density at radius 2 is 0.873 bits per heavy atom. The van der Waals surface area contributed by atoms with Gasteiger partial charge in [0.1, 0.15) is 37.9 Å². The van der Waals surface area contributed by atoms with Gasteiger partial charge in [0.2, 0.25) is 0 Å². The van der Waals surface area contributed by atoms with Crippen LogP contribution in [0.15, 0.2) is 121 Å². The van der Waals surface area contributed by atoms with Crippen LogP contribution in [0.3, 0.4) is 0 Å². The fourth-order valence-electron chi connectivity index (χ4n) is 6.41. The predicted molar refractivity (Wildman–Crippen MR) is 207 cm³/mol. The third kappa shape index (κ3) is 10.1. The van der Waals surface area contributed by atoms with Crippen molar-refractivity contribution >= 4 is 23.9 Å². The molecule has 286 valence electrons. The molecule has 0 saturated carbocycles. The summed E-state index contributed by atoms with van der Waals surface area (Å²) in [5.74, 6) is -0.467. The maximum Gasteiger partial charge on any atom is 0.333 e. The van der Waals surface area contributed by atoms with E-state index in [0.717, 1.165) is 33.4 Å². The number of hydrogen-bond acceptors (Lipinski definition) is 10. The second kappa shape index (κ2) is 19.3. The van der Waals surface area contributed by atoms with Gasteiger partial charge in [0, 0.05) is 24.0 Å². The van der Waals surface area contributed by atoms with Crippen LogP contribution >= 0.6 is 0 Å². The SMILES string of the molecule is C=C(C)C(=O)OCCCC(=O)OCCOc1ccc(C2(c3ccc(OCCOC(=O)CCCOC(=O)C(=C)C)cc3)c3ccccc3-c3ccccc32)cc1. The average molecular weight is 747 g/mol. The minimum Gasteiger partial charge on any atom is -0.490 e. The molecule has 5 rings (SSSR count). The van der Waals surface area contributed by atoms with Gasteiger partial charge in [0.15, 0.2) is 0 Å². The van der Waals surface area contributed by atoms with E-state index in [1.165, 1.54) is 0 Å². The van der Waals surface area contributed by atoms with Gasteiger partial charge in [0.25, 0.3) is 0 Å². The zero-order chi connectivity index (χ0) is 39.2. The van der Waals surface area contributed by atoms with Gasteiger partial charge in [-0.2, -0.15) is 0 Å². The number of carbonyl (C=O) groups is 4. The van der Waals surface area contributed by atoms with Gasteiger partial charge in [-0.1, -0.05) is 86.0 Å². The van der Waals surface area contributed by atoms with Crippen LogP contribution in [0.4, 0.5) is 0 Å². The molecule has 4 aromatic rings. The van der Waals surface area contributed by atoms with Gasteiger partial charge < -0.3 is 28.4 Å². The molecule has 0 saturated heterocycles. The molecule has 1 aliphatic rings. The van der Waals surface area contributed by atoms with Crippen molar-refractivity contribution < 1.29 is 47.6 Å². The molecule has 10 nitrogen and oxygen atoms in total. The van der Waals surface area contributed by atoms with E-state index in [1.54, 1.807) is 13.8 Å². The summed E-state index contributed by atoms with van der Waals surface area (Å²) >= 11 is 0. The molecule has 0 radical (unpaired) electrons. The topological polar surface area (TPSA) is 124 Å². The lowest BCUT2D eigenvalue weighted by Gasteiger charge is -2.34. The van der Waals surface area contributed by atoms with Gasteiger partial charge in [-0.05, 0) is 84.3 Å². The van der Waals surface area contributed by atoms with E-state index in [4.69, 9.17) is 28.4 Å². The lowest BCUT2D eigenvalue weighted by Crippen LogP contribution is -2.28. The molecule has 4 aromatic carbocycles. The van der Waals surface area contributed by atoms with Gasteiger partial charge in [-0.25, -0.2) is 9.59 Å². The van der Waals surface area contributed by atoms with Crippen molar-refractivity contribution in [3.05, 3.63) is 144 Å². The van der Waals surface area contributed by atoms with Crippen molar-refractivity contribution in [3.8, 4) is 22.6 Å². The predicted octanol–water partition coefficient (Wildman–Crippen LogP) is 7.69. The molecular formula is C45H46O10. The lowest BCUT2D eigenvalue weighted by molar-refractivity contribution is -0.146. The molecule has 0 unspecified atom stereocenters. The Labute approximate surface area is 321 Å². The van der Waals surface area contributed by atoms with Gasteiger partial charge in [0.05, 0.1) is 18.6 Å². The van der Waals surface area contributed by atoms with Crippen LogP contribution in [-0.2, 0) is 43.5 Å². The number of esters is 4. The fourth-order valence-corrected chi connectivity index (χ4v) is 6.41. The molecule has 10 heteroatoms. The first-order valence-corrected chi connectivity index (χ1v) is 18.2. The first-order chi connectivity index (χ1) is 26.6. The Morgan fingerprint density at radius 3 is 1.25 bits per heavy atom. The number of hydrogen-bond donors (Lipinski definition) is 0. The van der Waals surface area contributed by atoms with Crippen molar-refractivity contribution in [2.24, 2.45) is 0 Å². The van der Waals surface area contributed by atoms with Gasteiger partial charge >= 0.3 is 23.9 Å². The standard InChI is InChI=1S/C45H46O10/c1-31(2)43(48)54-25-9-15-41(46)52-29-27-50-35-21-17-33(18-22-35)45(39-13-7-5-11-37(39)38-12-6-8-14-40(38)45)34-19-23-36(24-20-34)51-28-30-53-42(47)16-10-26-55-44(49)32(3)4/h5-8,11-14,17-24H,1,3,9-10,15-16,25-30H2,2,4H3. The molecule has 0 heterocycles. The Morgan fingerprint density at radius 1 is 0.491 bits per heavy atom. The van der Waals surface area contributed by atoms with E-state index < -0.39 is 29.3 Å². The highest BCUT2D eigenvalue weighted by atomic mass is 16.6. The van der Waals surface area contributed by atoms with Crippen molar-refractivity contribution in [1.29, 1.82) is 0 Å². The normalized spacial score (nSPS) is 12.0. The number of carbonyl (C=O) groups excluding carboxylic acids is 4. The summed E-state index contributed by atoms with van der Waals surface area (Å²) in [4.78, 5) is 47.1. The summed E-state index contributed by atoms with van der Waals surface area (Å²) in [6.45, 7) is 11.0. The molecule has 0 N–H and O–H groups in total. The zero-order valence-electron chi connectivity index (χ0n) is 31.3. The Bertz CT molecular complexity index is 1850. The molecular weight excluding hydrogens is 700 g/mol. The van der Waals surface area contributed by atoms with Crippen molar-refractivity contribution in [2.75, 3.05) is 39.6 Å². The maximum absolute atomic E-state index is 12.1. The number of benzene rings is 4. The third-order valence-electron chi connectivity index (χ3n) is 8.97. The van der Waals surface area contributed by atoms with Crippen LogP contribution in [0.1, 0.15) is 61.8 Å². The van der Waals surface area contributed by atoms with E-state index in [2.05, 4.69) is 86.0 Å². The van der Waals surface area contributed by atoms with Gasteiger partial charge in [-0.3, -0.25) is 9.59 Å². The molecule has 0 aromatic heterocycles. The molecule has 0 fully saturated rings. The number of rotatable bonds is 20. The van der Waals surface area contributed by atoms with Crippen molar-refractivity contribution in [2.45, 2.75) is 44.9 Å². The average Bonchev–Trinajstić information content (AvgIpc) is 3.49. The molecule has 0 aliphatic heterocycles. The smallest absolute Gasteiger partial charge is 0.333 e. The molecule has 1 aliphatic carbocycles. The minimum atomic E-state index is -0.632. The summed E-state index contributed by atoms with van der Waals surface area (Å²) < 4.78 is 32.4. The monoisotopic (exact) mass is 746 g/mol. The Hall–Kier alpha value is -6.16.